The Balaban J connectivity index is 0. The number of hydrogen-bond acceptors (Lipinski definition) is 6. The van der Waals surface area contributed by atoms with Gasteiger partial charge in [0.1, 0.15) is 0 Å². The van der Waals surface area contributed by atoms with Crippen LogP contribution >= 0.6 is 0 Å². The van der Waals surface area contributed by atoms with Crippen molar-refractivity contribution < 1.29 is 26.6 Å². The lowest BCUT2D eigenvalue weighted by Gasteiger charge is -2.43. The molecule has 0 aliphatic rings. The van der Waals surface area contributed by atoms with Gasteiger partial charge >= 0.3 is 17.6 Å². The van der Waals surface area contributed by atoms with Gasteiger partial charge in [-0.05, 0) is 104 Å². The summed E-state index contributed by atoms with van der Waals surface area (Å²) in [6.45, 7) is 35.0. The highest BCUT2D eigenvalue weighted by molar-refractivity contribution is 6.61. The van der Waals surface area contributed by atoms with E-state index in [0.29, 0.717) is 0 Å². The molecule has 0 bridgehead atoms. The smallest absolute Gasteiger partial charge is 0.371 e. The highest BCUT2D eigenvalue weighted by atomic mass is 28.4. The van der Waals surface area contributed by atoms with Crippen molar-refractivity contribution in [2.45, 2.75) is 178 Å². The Morgan fingerprint density at radius 2 is 0.686 bits per heavy atom. The van der Waals surface area contributed by atoms with Gasteiger partial charge in [0.25, 0.3) is 0 Å². The SMILES string of the molecule is CCC[Si](OC(C)(C)C)(OC(C)(C)C)OC(C)(C)C.CCC[Si](OC(C)C)(OC(C)C)OC(C)C. The molecule has 6 nitrogen and oxygen atoms in total. The Kier molecular flexibility index (Phi) is 16.6. The molecule has 0 atom stereocenters. The van der Waals surface area contributed by atoms with E-state index in [0.717, 1.165) is 24.9 Å². The summed E-state index contributed by atoms with van der Waals surface area (Å²) in [5.74, 6) is 0. The zero-order valence-electron chi connectivity index (χ0n) is 26.5. The summed E-state index contributed by atoms with van der Waals surface area (Å²) in [5, 5.41) is 0. The third kappa shape index (κ3) is 20.9. The predicted molar refractivity (Wildman–Crippen MR) is 153 cm³/mol. The fourth-order valence-electron chi connectivity index (χ4n) is 3.56. The van der Waals surface area contributed by atoms with Crippen molar-refractivity contribution in [3.05, 3.63) is 0 Å². The van der Waals surface area contributed by atoms with Gasteiger partial charge in [-0.1, -0.05) is 26.7 Å². The molecule has 0 amide bonds. The van der Waals surface area contributed by atoms with Gasteiger partial charge in [0.2, 0.25) is 0 Å². The molecule has 0 spiro atoms. The summed E-state index contributed by atoms with van der Waals surface area (Å²) in [7, 11) is -5.19. The van der Waals surface area contributed by atoms with Gasteiger partial charge in [0.05, 0.1) is 16.8 Å². The molecule has 35 heavy (non-hydrogen) atoms. The molecule has 0 saturated heterocycles. The zero-order valence-corrected chi connectivity index (χ0v) is 28.5. The molecule has 214 valence electrons. The highest BCUT2D eigenvalue weighted by Crippen LogP contribution is 2.32. The monoisotopic (exact) mass is 538 g/mol. The van der Waals surface area contributed by atoms with Crippen molar-refractivity contribution in [3.63, 3.8) is 0 Å². The molecular weight excluding hydrogens is 476 g/mol. The maximum Gasteiger partial charge on any atom is 0.502 e. The molecule has 0 radical (unpaired) electrons. The number of hydrogen-bond donors (Lipinski definition) is 0. The second-order valence-corrected chi connectivity index (χ2v) is 18.1. The first-order valence-corrected chi connectivity index (χ1v) is 17.5. The maximum atomic E-state index is 6.31. The lowest BCUT2D eigenvalue weighted by Crippen LogP contribution is -2.57. The van der Waals surface area contributed by atoms with E-state index in [-0.39, 0.29) is 35.1 Å². The molecule has 0 saturated carbocycles. The molecule has 0 aliphatic carbocycles. The Labute approximate surface area is 221 Å². The summed E-state index contributed by atoms with van der Waals surface area (Å²) in [4.78, 5) is 0. The lowest BCUT2D eigenvalue weighted by molar-refractivity contribution is -0.0753. The first-order chi connectivity index (χ1) is 15.5. The minimum Gasteiger partial charge on any atom is -0.371 e. The molecule has 0 aromatic carbocycles. The minimum atomic E-state index is -2.70. The maximum absolute atomic E-state index is 6.31. The van der Waals surface area contributed by atoms with E-state index in [1.165, 1.54) is 0 Å². The topological polar surface area (TPSA) is 55.4 Å². The van der Waals surface area contributed by atoms with Gasteiger partial charge in [-0.2, -0.15) is 0 Å². The van der Waals surface area contributed by atoms with Gasteiger partial charge < -0.3 is 26.6 Å². The highest BCUT2D eigenvalue weighted by Gasteiger charge is 2.49. The van der Waals surface area contributed by atoms with Crippen molar-refractivity contribution >= 4 is 17.6 Å². The minimum absolute atomic E-state index is 0.149. The average Bonchev–Trinajstić information content (AvgIpc) is 2.47. The molecule has 0 aromatic rings. The largest absolute Gasteiger partial charge is 0.502 e. The van der Waals surface area contributed by atoms with Crippen molar-refractivity contribution in [3.8, 4) is 0 Å². The van der Waals surface area contributed by atoms with Crippen LogP contribution in [0.3, 0.4) is 0 Å². The zero-order chi connectivity index (χ0) is 28.3. The Morgan fingerprint density at radius 1 is 0.457 bits per heavy atom. The van der Waals surface area contributed by atoms with Crippen LogP contribution in [0, 0.1) is 0 Å². The van der Waals surface area contributed by atoms with E-state index < -0.39 is 17.6 Å². The van der Waals surface area contributed by atoms with Gasteiger partial charge in [0, 0.05) is 30.4 Å². The second kappa shape index (κ2) is 15.6. The van der Waals surface area contributed by atoms with E-state index in [1.807, 2.05) is 41.5 Å². The molecule has 0 N–H and O–H groups in total. The Bertz CT molecular complexity index is 478. The first-order valence-electron chi connectivity index (χ1n) is 13.6. The van der Waals surface area contributed by atoms with Crippen LogP contribution in [0.2, 0.25) is 12.1 Å². The molecule has 8 heteroatoms. The van der Waals surface area contributed by atoms with Crippen LogP contribution in [0.1, 0.15) is 131 Å². The molecule has 0 unspecified atom stereocenters. The molecule has 0 rings (SSSR count). The van der Waals surface area contributed by atoms with Crippen molar-refractivity contribution in [1.29, 1.82) is 0 Å². The van der Waals surface area contributed by atoms with Crippen LogP contribution in [0.4, 0.5) is 0 Å². The van der Waals surface area contributed by atoms with Gasteiger partial charge in [0.15, 0.2) is 0 Å². The second-order valence-electron chi connectivity index (χ2n) is 13.0. The molecule has 0 heterocycles. The fourth-order valence-corrected chi connectivity index (χ4v) is 10.7. The summed E-state index contributed by atoms with van der Waals surface area (Å²) >= 11 is 0. The number of rotatable bonds is 13. The van der Waals surface area contributed by atoms with E-state index >= 15 is 0 Å². The van der Waals surface area contributed by atoms with Crippen LogP contribution in [-0.4, -0.2) is 52.7 Å². The standard InChI is InChI=1S/C15H34O3Si.C12H28O3Si/c1-11-12-19(16-13(2,3)4,17-14(5,6)7)18-15(8,9)10;1-8-9-16(13-10(2)3,14-11(4)5)15-12(6)7/h11-12H2,1-10H3;10-12H,8-9H2,1-7H3. The predicted octanol–water partition coefficient (Wildman–Crippen LogP) is 8.39. The van der Waals surface area contributed by atoms with Crippen LogP contribution < -0.4 is 0 Å². The lowest BCUT2D eigenvalue weighted by atomic mass is 10.2. The van der Waals surface area contributed by atoms with E-state index in [4.69, 9.17) is 26.6 Å². The van der Waals surface area contributed by atoms with Crippen LogP contribution in [0.5, 0.6) is 0 Å². The summed E-state index contributed by atoms with van der Waals surface area (Å²) in [6.07, 6.45) is 2.47. The Hall–Kier alpha value is 0.194. The average molecular weight is 539 g/mol. The van der Waals surface area contributed by atoms with Crippen LogP contribution in [0.25, 0.3) is 0 Å². The van der Waals surface area contributed by atoms with Crippen LogP contribution in [-0.2, 0) is 26.6 Å². The van der Waals surface area contributed by atoms with E-state index in [2.05, 4.69) is 76.2 Å². The van der Waals surface area contributed by atoms with E-state index in [9.17, 15) is 0 Å². The molecular formula is C27H62O6Si2. The normalized spacial score (nSPS) is 14.1. The van der Waals surface area contributed by atoms with E-state index in [1.54, 1.807) is 0 Å². The van der Waals surface area contributed by atoms with Crippen LogP contribution in [0.15, 0.2) is 0 Å². The third-order valence-corrected chi connectivity index (χ3v) is 11.2. The molecule has 0 aromatic heterocycles. The Morgan fingerprint density at radius 3 is 0.857 bits per heavy atom. The van der Waals surface area contributed by atoms with Gasteiger partial charge in [-0.15, -0.1) is 0 Å². The molecule has 0 fully saturated rings. The summed E-state index contributed by atoms with van der Waals surface area (Å²) in [5.41, 5.74) is -0.798. The first kappa shape index (κ1) is 37.3. The van der Waals surface area contributed by atoms with Crippen molar-refractivity contribution in [2.75, 3.05) is 0 Å². The van der Waals surface area contributed by atoms with Gasteiger partial charge in [-0.25, -0.2) is 0 Å². The summed E-state index contributed by atoms with van der Waals surface area (Å²) in [6, 6.07) is 1.74. The third-order valence-electron chi connectivity index (χ3n) is 3.74. The summed E-state index contributed by atoms with van der Waals surface area (Å²) < 4.78 is 36.9. The quantitative estimate of drug-likeness (QED) is 0.219. The fraction of sp³-hybridized carbons (Fsp3) is 1.00. The van der Waals surface area contributed by atoms with Gasteiger partial charge in [-0.3, -0.25) is 0 Å². The molecule has 0 aliphatic heterocycles. The van der Waals surface area contributed by atoms with Crippen molar-refractivity contribution in [2.24, 2.45) is 0 Å². The van der Waals surface area contributed by atoms with Crippen molar-refractivity contribution in [1.82, 2.24) is 0 Å².